The Hall–Kier alpha value is -3.61. The molecule has 2 aromatic carbocycles. The highest BCUT2D eigenvalue weighted by atomic mass is 16.5. The van der Waals surface area contributed by atoms with E-state index in [-0.39, 0.29) is 5.97 Å². The van der Waals surface area contributed by atoms with Crippen molar-refractivity contribution in [2.45, 2.75) is 13.5 Å². The molecule has 7 nitrogen and oxygen atoms in total. The minimum absolute atomic E-state index is 0.314. The Bertz CT molecular complexity index is 929. The summed E-state index contributed by atoms with van der Waals surface area (Å²) < 4.78 is 10.3. The molecule has 144 valence electrons. The molecule has 0 fully saturated rings. The molecule has 0 saturated heterocycles. The zero-order valence-corrected chi connectivity index (χ0v) is 15.8. The van der Waals surface area contributed by atoms with Crippen LogP contribution in [0.3, 0.4) is 0 Å². The van der Waals surface area contributed by atoms with Crippen LogP contribution in [-0.4, -0.2) is 29.7 Å². The fourth-order valence-corrected chi connectivity index (χ4v) is 2.55. The molecule has 1 aromatic heterocycles. The lowest BCUT2D eigenvalue weighted by atomic mass is 10.2. The van der Waals surface area contributed by atoms with E-state index >= 15 is 0 Å². The summed E-state index contributed by atoms with van der Waals surface area (Å²) in [5.74, 6) is 1.48. The van der Waals surface area contributed by atoms with Gasteiger partial charge in [0, 0.05) is 12.7 Å². The summed E-state index contributed by atoms with van der Waals surface area (Å²) in [5.41, 5.74) is 2.12. The first kappa shape index (κ1) is 19.2. The number of nitrogens with zero attached hydrogens (tertiary/aromatic N) is 2. The smallest absolute Gasteiger partial charge is 0.340 e. The Balaban J connectivity index is 1.69. The third-order valence-electron chi connectivity index (χ3n) is 3.96. The first-order chi connectivity index (χ1) is 13.7. The zero-order valence-electron chi connectivity index (χ0n) is 15.8. The number of carbonyl (C=O) groups is 1. The average molecular weight is 378 g/mol. The number of para-hydroxylation sites is 1. The van der Waals surface area contributed by atoms with E-state index in [4.69, 9.17) is 9.47 Å². The van der Waals surface area contributed by atoms with Crippen molar-refractivity contribution in [1.82, 2.24) is 9.97 Å². The summed E-state index contributed by atoms with van der Waals surface area (Å²) in [5, 5.41) is 6.34. The van der Waals surface area contributed by atoms with Crippen LogP contribution in [0.5, 0.6) is 5.75 Å². The number of anilines is 3. The highest BCUT2D eigenvalue weighted by Crippen LogP contribution is 2.20. The first-order valence-corrected chi connectivity index (χ1v) is 8.92. The van der Waals surface area contributed by atoms with Gasteiger partial charge in [0.05, 0.1) is 25.0 Å². The lowest BCUT2D eigenvalue weighted by molar-refractivity contribution is 0.0527. The molecule has 2 N–H and O–H groups in total. The van der Waals surface area contributed by atoms with E-state index in [9.17, 15) is 4.79 Å². The topological polar surface area (TPSA) is 85.4 Å². The van der Waals surface area contributed by atoms with Gasteiger partial charge in [-0.3, -0.25) is 0 Å². The third kappa shape index (κ3) is 4.97. The van der Waals surface area contributed by atoms with Gasteiger partial charge in [0.1, 0.15) is 11.6 Å². The van der Waals surface area contributed by atoms with Gasteiger partial charge in [0.2, 0.25) is 5.95 Å². The minimum atomic E-state index is -0.389. The predicted molar refractivity (Wildman–Crippen MR) is 108 cm³/mol. The Labute approximate surface area is 163 Å². The van der Waals surface area contributed by atoms with Crippen LogP contribution in [0.15, 0.2) is 60.8 Å². The molecule has 0 unspecified atom stereocenters. The Morgan fingerprint density at radius 2 is 1.86 bits per heavy atom. The Morgan fingerprint density at radius 1 is 1.07 bits per heavy atom. The molecule has 7 heteroatoms. The van der Waals surface area contributed by atoms with Crippen LogP contribution in [0, 0.1) is 0 Å². The van der Waals surface area contributed by atoms with Gasteiger partial charge in [-0.25, -0.2) is 9.78 Å². The van der Waals surface area contributed by atoms with Gasteiger partial charge in [0.15, 0.2) is 0 Å². The summed E-state index contributed by atoms with van der Waals surface area (Å²) >= 11 is 0. The molecule has 3 rings (SSSR count). The van der Waals surface area contributed by atoms with E-state index in [1.165, 1.54) is 0 Å². The monoisotopic (exact) mass is 378 g/mol. The minimum Gasteiger partial charge on any atom is -0.497 e. The third-order valence-corrected chi connectivity index (χ3v) is 3.96. The van der Waals surface area contributed by atoms with Gasteiger partial charge in [-0.1, -0.05) is 24.3 Å². The van der Waals surface area contributed by atoms with Gasteiger partial charge in [0.25, 0.3) is 0 Å². The predicted octanol–water partition coefficient (Wildman–Crippen LogP) is 4.02. The van der Waals surface area contributed by atoms with Crippen LogP contribution in [0.1, 0.15) is 22.8 Å². The van der Waals surface area contributed by atoms with Crippen molar-refractivity contribution < 1.29 is 14.3 Å². The largest absolute Gasteiger partial charge is 0.497 e. The summed E-state index contributed by atoms with van der Waals surface area (Å²) in [6.07, 6.45) is 1.65. The number of esters is 1. The molecule has 3 aromatic rings. The van der Waals surface area contributed by atoms with E-state index in [0.717, 1.165) is 11.3 Å². The number of nitrogens with one attached hydrogen (secondary N) is 2. The van der Waals surface area contributed by atoms with Crippen molar-refractivity contribution in [3.8, 4) is 5.75 Å². The van der Waals surface area contributed by atoms with Crippen molar-refractivity contribution in [2.24, 2.45) is 0 Å². The molecule has 0 spiro atoms. The fraction of sp³-hybridized carbons (Fsp3) is 0.190. The second-order valence-electron chi connectivity index (χ2n) is 5.86. The number of rotatable bonds is 8. The SMILES string of the molecule is CCOC(=O)c1ccccc1Nc1nccc(NCc2ccc(OC)cc2)n1. The number of benzene rings is 2. The lowest BCUT2D eigenvalue weighted by Crippen LogP contribution is -2.09. The number of methoxy groups -OCH3 is 1. The number of aromatic nitrogens is 2. The molecule has 0 bridgehead atoms. The number of ether oxygens (including phenoxy) is 2. The molecule has 0 radical (unpaired) electrons. The fourth-order valence-electron chi connectivity index (χ4n) is 2.55. The number of hydrogen-bond donors (Lipinski definition) is 2. The molecule has 0 aliphatic carbocycles. The maximum absolute atomic E-state index is 12.1. The first-order valence-electron chi connectivity index (χ1n) is 8.92. The lowest BCUT2D eigenvalue weighted by Gasteiger charge is -2.11. The van der Waals surface area contributed by atoms with Crippen LogP contribution in [0.25, 0.3) is 0 Å². The van der Waals surface area contributed by atoms with Gasteiger partial charge in [-0.05, 0) is 42.8 Å². The van der Waals surface area contributed by atoms with Crippen molar-refractivity contribution in [3.05, 3.63) is 71.9 Å². The molecule has 0 atom stereocenters. The highest BCUT2D eigenvalue weighted by molar-refractivity contribution is 5.96. The van der Waals surface area contributed by atoms with Crippen LogP contribution >= 0.6 is 0 Å². The standard InChI is InChI=1S/C21H22N4O3/c1-3-28-20(26)17-6-4-5-7-18(17)24-21-22-13-12-19(25-21)23-14-15-8-10-16(27-2)11-9-15/h4-13H,3,14H2,1-2H3,(H2,22,23,24,25). The van der Waals surface area contributed by atoms with Gasteiger partial charge >= 0.3 is 5.97 Å². The van der Waals surface area contributed by atoms with Gasteiger partial charge < -0.3 is 20.1 Å². The van der Waals surface area contributed by atoms with Crippen molar-refractivity contribution in [3.63, 3.8) is 0 Å². The highest BCUT2D eigenvalue weighted by Gasteiger charge is 2.12. The van der Waals surface area contributed by atoms with Crippen molar-refractivity contribution >= 4 is 23.4 Å². The van der Waals surface area contributed by atoms with E-state index in [1.54, 1.807) is 44.5 Å². The molecule has 0 aliphatic heterocycles. The van der Waals surface area contributed by atoms with Crippen molar-refractivity contribution in [1.29, 1.82) is 0 Å². The summed E-state index contributed by atoms with van der Waals surface area (Å²) in [6, 6.07) is 16.7. The summed E-state index contributed by atoms with van der Waals surface area (Å²) in [7, 11) is 1.64. The van der Waals surface area contributed by atoms with E-state index in [0.29, 0.717) is 36.2 Å². The second kappa shape index (κ2) is 9.36. The quantitative estimate of drug-likeness (QED) is 0.573. The molecule has 0 amide bonds. The Kier molecular flexibility index (Phi) is 6.41. The molecule has 0 saturated carbocycles. The van der Waals surface area contributed by atoms with E-state index in [2.05, 4.69) is 20.6 Å². The maximum atomic E-state index is 12.1. The summed E-state index contributed by atoms with van der Waals surface area (Å²) in [6.45, 7) is 2.70. The zero-order chi connectivity index (χ0) is 19.8. The molecular weight excluding hydrogens is 356 g/mol. The molecule has 0 aliphatic rings. The van der Waals surface area contributed by atoms with E-state index < -0.39 is 0 Å². The van der Waals surface area contributed by atoms with Crippen molar-refractivity contribution in [2.75, 3.05) is 24.4 Å². The maximum Gasteiger partial charge on any atom is 0.340 e. The molecular formula is C21H22N4O3. The van der Waals surface area contributed by atoms with Crippen LogP contribution in [-0.2, 0) is 11.3 Å². The average Bonchev–Trinajstić information content (AvgIpc) is 2.73. The van der Waals surface area contributed by atoms with Gasteiger partial charge in [-0.15, -0.1) is 0 Å². The normalized spacial score (nSPS) is 10.2. The second-order valence-corrected chi connectivity index (χ2v) is 5.86. The van der Waals surface area contributed by atoms with Gasteiger partial charge in [-0.2, -0.15) is 4.98 Å². The van der Waals surface area contributed by atoms with Crippen LogP contribution in [0.4, 0.5) is 17.5 Å². The van der Waals surface area contributed by atoms with E-state index in [1.807, 2.05) is 30.3 Å². The molecule has 1 heterocycles. The molecule has 28 heavy (non-hydrogen) atoms. The number of carbonyl (C=O) groups excluding carboxylic acids is 1. The Morgan fingerprint density at radius 3 is 2.61 bits per heavy atom. The number of hydrogen-bond acceptors (Lipinski definition) is 7. The van der Waals surface area contributed by atoms with Crippen LogP contribution in [0.2, 0.25) is 0 Å². The summed E-state index contributed by atoms with van der Waals surface area (Å²) in [4.78, 5) is 20.8. The van der Waals surface area contributed by atoms with Crippen LogP contribution < -0.4 is 15.4 Å².